The lowest BCUT2D eigenvalue weighted by atomic mass is 10.0. The van der Waals surface area contributed by atoms with Gasteiger partial charge in [-0.15, -0.1) is 0 Å². The van der Waals surface area contributed by atoms with Gasteiger partial charge in [0.05, 0.1) is 12.1 Å². The van der Waals surface area contributed by atoms with E-state index in [0.29, 0.717) is 24.3 Å². The molecule has 0 radical (unpaired) electrons. The van der Waals surface area contributed by atoms with Crippen LogP contribution in [0.15, 0.2) is 36.7 Å². The zero-order valence-corrected chi connectivity index (χ0v) is 16.8. The molecule has 6 heteroatoms. The van der Waals surface area contributed by atoms with Crippen LogP contribution >= 0.6 is 0 Å². The van der Waals surface area contributed by atoms with Crippen molar-refractivity contribution >= 4 is 11.7 Å². The molecule has 0 aliphatic rings. The summed E-state index contributed by atoms with van der Waals surface area (Å²) in [7, 11) is 0. The molecular formula is C22H28N2O4. The van der Waals surface area contributed by atoms with E-state index in [9.17, 15) is 14.7 Å². The van der Waals surface area contributed by atoms with Gasteiger partial charge in [0.1, 0.15) is 5.75 Å². The van der Waals surface area contributed by atoms with Crippen LogP contribution in [0.1, 0.15) is 61.5 Å². The molecule has 0 saturated carbocycles. The fourth-order valence-corrected chi connectivity index (χ4v) is 3.00. The number of aryl methyl sites for hydroxylation is 1. The predicted molar refractivity (Wildman–Crippen MR) is 107 cm³/mol. The van der Waals surface area contributed by atoms with Gasteiger partial charge in [0.15, 0.2) is 11.5 Å². The summed E-state index contributed by atoms with van der Waals surface area (Å²) in [5.41, 5.74) is 1.98. The van der Waals surface area contributed by atoms with Crippen LogP contribution < -0.4 is 4.84 Å². The van der Waals surface area contributed by atoms with Crippen LogP contribution in [0.25, 0.3) is 0 Å². The molecule has 1 aromatic heterocycles. The Bertz CT molecular complexity index is 806. The van der Waals surface area contributed by atoms with Gasteiger partial charge in [0.2, 0.25) is 0 Å². The first kappa shape index (κ1) is 21.4. The van der Waals surface area contributed by atoms with Crippen LogP contribution in [0, 0.1) is 0 Å². The number of carbonyl (C=O) groups is 2. The number of nitrogens with zero attached hydrogens (tertiary/aromatic N) is 2. The average molecular weight is 384 g/mol. The van der Waals surface area contributed by atoms with Gasteiger partial charge in [-0.1, -0.05) is 19.4 Å². The van der Waals surface area contributed by atoms with Gasteiger partial charge in [-0.3, -0.25) is 14.6 Å². The molecule has 1 aromatic carbocycles. The van der Waals surface area contributed by atoms with Crippen molar-refractivity contribution in [2.24, 2.45) is 0 Å². The Morgan fingerprint density at radius 2 is 1.93 bits per heavy atom. The minimum Gasteiger partial charge on any atom is -0.507 e. The number of Topliss-reactive ketones (excluding diaryl/α,β-unsaturated/α-hetero) is 1. The van der Waals surface area contributed by atoms with E-state index in [1.54, 1.807) is 12.3 Å². The van der Waals surface area contributed by atoms with Crippen molar-refractivity contribution in [1.82, 2.24) is 10.0 Å². The Balaban J connectivity index is 2.05. The summed E-state index contributed by atoms with van der Waals surface area (Å²) < 4.78 is 0. The number of aromatic nitrogens is 1. The molecule has 0 spiro atoms. The summed E-state index contributed by atoms with van der Waals surface area (Å²) in [5.74, 6) is -0.0714. The molecule has 28 heavy (non-hydrogen) atoms. The van der Waals surface area contributed by atoms with E-state index in [1.165, 1.54) is 25.0 Å². The molecule has 0 saturated heterocycles. The fourth-order valence-electron chi connectivity index (χ4n) is 3.00. The Hall–Kier alpha value is -2.89. The van der Waals surface area contributed by atoms with Gasteiger partial charge in [0.25, 0.3) is 5.91 Å². The number of ketones is 1. The van der Waals surface area contributed by atoms with E-state index < -0.39 is 0 Å². The van der Waals surface area contributed by atoms with Crippen LogP contribution in [0.4, 0.5) is 0 Å². The van der Waals surface area contributed by atoms with Gasteiger partial charge in [-0.25, -0.2) is 0 Å². The topological polar surface area (TPSA) is 79.7 Å². The number of hydrogen-bond donors (Lipinski definition) is 1. The van der Waals surface area contributed by atoms with Crippen molar-refractivity contribution < 1.29 is 19.5 Å². The summed E-state index contributed by atoms with van der Waals surface area (Å²) in [4.78, 5) is 33.6. The third-order valence-corrected chi connectivity index (χ3v) is 4.48. The zero-order chi connectivity index (χ0) is 20.5. The highest BCUT2D eigenvalue weighted by Gasteiger charge is 2.19. The Morgan fingerprint density at radius 3 is 2.54 bits per heavy atom. The quantitative estimate of drug-likeness (QED) is 0.379. The summed E-state index contributed by atoms with van der Waals surface area (Å²) >= 11 is 0. The Morgan fingerprint density at radius 1 is 1.14 bits per heavy atom. The van der Waals surface area contributed by atoms with Crippen molar-refractivity contribution in [1.29, 1.82) is 0 Å². The number of hydroxylamine groups is 2. The maximum absolute atomic E-state index is 12.0. The van der Waals surface area contributed by atoms with E-state index in [4.69, 9.17) is 4.84 Å². The number of unbranched alkanes of at least 4 members (excludes halogenated alkanes) is 1. The molecule has 0 bridgehead atoms. The number of benzene rings is 1. The number of phenolic OH excluding ortho intramolecular Hbond substituents is 1. The van der Waals surface area contributed by atoms with Crippen LogP contribution in [-0.2, 0) is 17.6 Å². The summed E-state index contributed by atoms with van der Waals surface area (Å²) in [6.45, 7) is 5.28. The molecule has 1 N–H and O–H groups in total. The van der Waals surface area contributed by atoms with E-state index in [-0.39, 0.29) is 23.0 Å². The maximum atomic E-state index is 12.0. The smallest absolute Gasteiger partial charge is 0.252 e. The minimum atomic E-state index is -0.209. The lowest BCUT2D eigenvalue weighted by Gasteiger charge is -2.23. The molecule has 6 nitrogen and oxygen atoms in total. The number of amides is 1. The third kappa shape index (κ3) is 5.81. The molecule has 0 aliphatic heterocycles. The molecule has 0 unspecified atom stereocenters. The van der Waals surface area contributed by atoms with Crippen molar-refractivity contribution in [3.63, 3.8) is 0 Å². The molecule has 0 fully saturated rings. The second-order valence-electron chi connectivity index (χ2n) is 6.78. The number of aromatic hydroxyl groups is 1. The van der Waals surface area contributed by atoms with E-state index >= 15 is 0 Å². The molecular weight excluding hydrogens is 356 g/mol. The summed E-state index contributed by atoms with van der Waals surface area (Å²) in [6, 6.07) is 7.12. The van der Waals surface area contributed by atoms with Crippen molar-refractivity contribution in [2.75, 3.05) is 6.54 Å². The molecule has 0 aliphatic carbocycles. The lowest BCUT2D eigenvalue weighted by Crippen LogP contribution is -2.33. The third-order valence-electron chi connectivity index (χ3n) is 4.48. The SMILES string of the molecule is CCCc1c(ON(CCCCc2cccnc2)C(C)=O)ccc(C(C)=O)c1O. The first-order chi connectivity index (χ1) is 13.4. The van der Waals surface area contributed by atoms with E-state index in [2.05, 4.69) is 4.98 Å². The molecule has 2 aromatic rings. The van der Waals surface area contributed by atoms with Gasteiger partial charge in [-0.05, 0) is 56.4 Å². The monoisotopic (exact) mass is 384 g/mol. The number of phenols is 1. The highest BCUT2D eigenvalue weighted by molar-refractivity contribution is 5.97. The molecule has 0 atom stereocenters. The van der Waals surface area contributed by atoms with Crippen molar-refractivity contribution in [2.45, 2.75) is 52.9 Å². The molecule has 150 valence electrons. The van der Waals surface area contributed by atoms with Crippen molar-refractivity contribution in [3.05, 3.63) is 53.3 Å². The minimum absolute atomic E-state index is 0.0630. The van der Waals surface area contributed by atoms with Gasteiger partial charge < -0.3 is 9.94 Å². The number of carbonyl (C=O) groups excluding carboxylic acids is 2. The van der Waals surface area contributed by atoms with Crippen LogP contribution in [-0.4, -0.2) is 33.4 Å². The van der Waals surface area contributed by atoms with Crippen LogP contribution in [0.5, 0.6) is 11.5 Å². The summed E-state index contributed by atoms with van der Waals surface area (Å²) in [5, 5.41) is 11.8. The van der Waals surface area contributed by atoms with Crippen molar-refractivity contribution in [3.8, 4) is 11.5 Å². The zero-order valence-electron chi connectivity index (χ0n) is 16.8. The fraction of sp³-hybridized carbons (Fsp3) is 0.409. The molecule has 1 amide bonds. The standard InChI is InChI=1S/C22H28N2O4/c1-4-8-20-21(12-11-19(16(2)25)22(20)27)28-24(17(3)26)14-6-5-9-18-10-7-13-23-15-18/h7,10-13,15,27H,4-6,8-9,14H2,1-3H3. The van der Waals surface area contributed by atoms with Gasteiger partial charge >= 0.3 is 0 Å². The maximum Gasteiger partial charge on any atom is 0.252 e. The first-order valence-corrected chi connectivity index (χ1v) is 9.64. The largest absolute Gasteiger partial charge is 0.507 e. The molecule has 1 heterocycles. The number of hydrogen-bond acceptors (Lipinski definition) is 5. The first-order valence-electron chi connectivity index (χ1n) is 9.64. The second-order valence-corrected chi connectivity index (χ2v) is 6.78. The second kappa shape index (κ2) is 10.4. The average Bonchev–Trinajstić information content (AvgIpc) is 2.67. The number of rotatable bonds is 10. The van der Waals surface area contributed by atoms with Crippen LogP contribution in [0.3, 0.4) is 0 Å². The predicted octanol–water partition coefficient (Wildman–Crippen LogP) is 4.11. The van der Waals surface area contributed by atoms with Gasteiger partial charge in [0, 0.05) is 24.9 Å². The Kier molecular flexibility index (Phi) is 7.99. The van der Waals surface area contributed by atoms with Gasteiger partial charge in [-0.2, -0.15) is 5.06 Å². The lowest BCUT2D eigenvalue weighted by molar-refractivity contribution is -0.155. The molecule has 2 rings (SSSR count). The highest BCUT2D eigenvalue weighted by atomic mass is 16.7. The Labute approximate surface area is 166 Å². The van der Waals surface area contributed by atoms with E-state index in [0.717, 1.165) is 31.2 Å². The van der Waals surface area contributed by atoms with E-state index in [1.807, 2.05) is 25.3 Å². The normalized spacial score (nSPS) is 10.5. The van der Waals surface area contributed by atoms with Crippen LogP contribution in [0.2, 0.25) is 0 Å². The summed E-state index contributed by atoms with van der Waals surface area (Å²) in [6.07, 6.45) is 7.47. The number of pyridine rings is 1. The highest BCUT2D eigenvalue weighted by Crippen LogP contribution is 2.33.